The fraction of sp³-hybridized carbons (Fsp3) is 0.304. The van der Waals surface area contributed by atoms with E-state index in [1.807, 2.05) is 0 Å². The summed E-state index contributed by atoms with van der Waals surface area (Å²) in [5.41, 5.74) is -1.00. The number of benzene rings is 2. The van der Waals surface area contributed by atoms with Crippen LogP contribution < -0.4 is 19.5 Å². The third-order valence-corrected chi connectivity index (χ3v) is 4.42. The van der Waals surface area contributed by atoms with Gasteiger partial charge >= 0.3 is 6.09 Å². The summed E-state index contributed by atoms with van der Waals surface area (Å²) in [7, 11) is 1.40. The molecule has 1 aromatic heterocycles. The number of alkyl carbamates (subject to hydrolysis) is 1. The van der Waals surface area contributed by atoms with Crippen LogP contribution in [-0.4, -0.2) is 41.9 Å². The smallest absolute Gasteiger partial charge is 0.407 e. The highest BCUT2D eigenvalue weighted by Crippen LogP contribution is 2.38. The molecule has 0 bridgehead atoms. The molecule has 12 heteroatoms. The quantitative estimate of drug-likeness (QED) is 0.262. The number of nitro groups is 1. The number of halogens is 2. The summed E-state index contributed by atoms with van der Waals surface area (Å²) in [5, 5.41) is 13.7. The molecule has 0 unspecified atom stereocenters. The normalized spacial score (nSPS) is 11.1. The van der Waals surface area contributed by atoms with Crippen molar-refractivity contribution in [1.29, 1.82) is 0 Å². The molecule has 0 saturated heterocycles. The maximum Gasteiger partial charge on any atom is 0.407 e. The molecule has 10 nitrogen and oxygen atoms in total. The minimum atomic E-state index is -1.23. The Hall–Kier alpha value is -4.22. The number of pyridine rings is 1. The fourth-order valence-corrected chi connectivity index (χ4v) is 2.98. The van der Waals surface area contributed by atoms with Crippen LogP contribution in [0.4, 0.5) is 19.3 Å². The molecule has 1 amide bonds. The molecule has 0 saturated carbocycles. The lowest BCUT2D eigenvalue weighted by atomic mass is 10.1. The molecule has 0 radical (unpaired) electrons. The number of methoxy groups -OCH3 is 1. The zero-order chi connectivity index (χ0) is 25.8. The number of hydrogen-bond acceptors (Lipinski definition) is 8. The van der Waals surface area contributed by atoms with Crippen molar-refractivity contribution in [3.63, 3.8) is 0 Å². The highest BCUT2D eigenvalue weighted by atomic mass is 19.1. The number of fused-ring (bicyclic) bond motifs is 1. The molecular formula is C23H23F2N3O7. The minimum Gasteiger partial charge on any atom is -0.493 e. The predicted molar refractivity (Wildman–Crippen MR) is 121 cm³/mol. The number of hydrogen-bond donors (Lipinski definition) is 1. The zero-order valence-corrected chi connectivity index (χ0v) is 19.4. The average Bonchev–Trinajstić information content (AvgIpc) is 2.77. The van der Waals surface area contributed by atoms with E-state index in [9.17, 15) is 23.7 Å². The number of ether oxygens (including phenoxy) is 4. The van der Waals surface area contributed by atoms with E-state index in [1.54, 1.807) is 20.8 Å². The molecule has 1 N–H and O–H groups in total. The molecule has 35 heavy (non-hydrogen) atoms. The van der Waals surface area contributed by atoms with E-state index < -0.39 is 39.7 Å². The highest BCUT2D eigenvalue weighted by molar-refractivity contribution is 5.88. The molecule has 0 spiro atoms. The molecule has 3 aromatic rings. The van der Waals surface area contributed by atoms with Crippen LogP contribution in [0.3, 0.4) is 0 Å². The van der Waals surface area contributed by atoms with Crippen LogP contribution in [0.1, 0.15) is 20.8 Å². The highest BCUT2D eigenvalue weighted by Gasteiger charge is 2.21. The lowest BCUT2D eigenvalue weighted by Crippen LogP contribution is -2.34. The molecule has 0 aliphatic carbocycles. The minimum absolute atomic E-state index is 0.0399. The Labute approximate surface area is 198 Å². The van der Waals surface area contributed by atoms with E-state index in [1.165, 1.54) is 31.5 Å². The number of nitrogens with zero attached hydrogens (tertiary/aromatic N) is 2. The summed E-state index contributed by atoms with van der Waals surface area (Å²) in [6.07, 6.45) is 0.778. The van der Waals surface area contributed by atoms with Crippen LogP contribution >= 0.6 is 0 Å². The maximum absolute atomic E-state index is 14.3. The Balaban J connectivity index is 1.80. The average molecular weight is 491 g/mol. The van der Waals surface area contributed by atoms with Gasteiger partial charge < -0.3 is 24.3 Å². The van der Waals surface area contributed by atoms with Crippen LogP contribution in [-0.2, 0) is 4.74 Å². The molecule has 1 heterocycles. The molecule has 0 aliphatic rings. The molecule has 2 aromatic carbocycles. The monoisotopic (exact) mass is 491 g/mol. The van der Waals surface area contributed by atoms with Gasteiger partial charge in [0.1, 0.15) is 18.0 Å². The van der Waals surface area contributed by atoms with Crippen molar-refractivity contribution < 1.29 is 37.4 Å². The summed E-state index contributed by atoms with van der Waals surface area (Å²) in [6, 6.07) is 5.57. The van der Waals surface area contributed by atoms with Crippen molar-refractivity contribution in [2.24, 2.45) is 0 Å². The van der Waals surface area contributed by atoms with E-state index in [-0.39, 0.29) is 24.7 Å². The van der Waals surface area contributed by atoms with E-state index in [4.69, 9.17) is 18.9 Å². The Bertz CT molecular complexity index is 1240. The molecule has 0 fully saturated rings. The van der Waals surface area contributed by atoms with Gasteiger partial charge in [0.15, 0.2) is 28.9 Å². The second kappa shape index (κ2) is 10.4. The standard InChI is InChI=1S/C23H23F2N3O7/c1-23(2,3)35-22(29)27-7-8-33-20-12-17-14(11-19(20)32-4)18(5-6-26-17)34-21-15(24)9-13(28(30)31)10-16(21)25/h5-6,9-12H,7-8H2,1-4H3,(H,27,29). The van der Waals surface area contributed by atoms with E-state index in [2.05, 4.69) is 10.3 Å². The van der Waals surface area contributed by atoms with Crippen molar-refractivity contribution in [2.45, 2.75) is 26.4 Å². The fourth-order valence-electron chi connectivity index (χ4n) is 2.98. The number of nitrogens with one attached hydrogen (secondary N) is 1. The predicted octanol–water partition coefficient (Wildman–Crippen LogP) is 5.13. The van der Waals surface area contributed by atoms with Gasteiger partial charge in [0.05, 0.1) is 36.2 Å². The van der Waals surface area contributed by atoms with Gasteiger partial charge in [0.2, 0.25) is 0 Å². The first-order valence-electron chi connectivity index (χ1n) is 10.4. The van der Waals surface area contributed by atoms with Crippen LogP contribution in [0.2, 0.25) is 0 Å². The first-order valence-corrected chi connectivity index (χ1v) is 10.4. The topological polar surface area (TPSA) is 122 Å². The van der Waals surface area contributed by atoms with E-state index in [0.717, 1.165) is 0 Å². The Kier molecular flexibility index (Phi) is 7.52. The number of nitro benzene ring substituents is 1. The van der Waals surface area contributed by atoms with Crippen LogP contribution in [0.5, 0.6) is 23.0 Å². The van der Waals surface area contributed by atoms with Gasteiger partial charge in [-0.2, -0.15) is 0 Å². The summed E-state index contributed by atoms with van der Waals surface area (Å²) in [4.78, 5) is 25.8. The van der Waals surface area contributed by atoms with Gasteiger partial charge in [-0.1, -0.05) is 0 Å². The number of amides is 1. The SMILES string of the molecule is COc1cc2c(Oc3c(F)cc([N+](=O)[O-])cc3F)ccnc2cc1OCCNC(=O)OC(C)(C)C. The second-order valence-electron chi connectivity index (χ2n) is 8.20. The zero-order valence-electron chi connectivity index (χ0n) is 19.4. The van der Waals surface area contributed by atoms with Crippen LogP contribution in [0.25, 0.3) is 10.9 Å². The third kappa shape index (κ3) is 6.43. The van der Waals surface area contributed by atoms with Crippen molar-refractivity contribution >= 4 is 22.7 Å². The number of carbonyl (C=O) groups is 1. The van der Waals surface area contributed by atoms with Crippen molar-refractivity contribution in [1.82, 2.24) is 10.3 Å². The van der Waals surface area contributed by atoms with Gasteiger partial charge in [-0.3, -0.25) is 15.1 Å². The number of carbonyl (C=O) groups excluding carboxylic acids is 1. The van der Waals surface area contributed by atoms with E-state index in [0.29, 0.717) is 28.8 Å². The lowest BCUT2D eigenvalue weighted by Gasteiger charge is -2.19. The Morgan fingerprint density at radius 2 is 1.80 bits per heavy atom. The number of non-ortho nitro benzene ring substituents is 1. The molecule has 0 atom stereocenters. The van der Waals surface area contributed by atoms with Gasteiger partial charge in [0, 0.05) is 17.6 Å². The van der Waals surface area contributed by atoms with Crippen molar-refractivity contribution in [3.05, 3.63) is 58.3 Å². The molecule has 186 valence electrons. The van der Waals surface area contributed by atoms with E-state index >= 15 is 0 Å². The Morgan fingerprint density at radius 3 is 2.40 bits per heavy atom. The lowest BCUT2D eigenvalue weighted by molar-refractivity contribution is -0.385. The Morgan fingerprint density at radius 1 is 1.11 bits per heavy atom. The maximum atomic E-state index is 14.3. The number of rotatable bonds is 8. The number of aromatic nitrogens is 1. The first kappa shape index (κ1) is 25.4. The summed E-state index contributed by atoms with van der Waals surface area (Å²) < 4.78 is 50.2. The second-order valence-corrected chi connectivity index (χ2v) is 8.20. The summed E-state index contributed by atoms with van der Waals surface area (Å²) in [6.45, 7) is 5.50. The molecule has 3 rings (SSSR count). The third-order valence-electron chi connectivity index (χ3n) is 4.42. The largest absolute Gasteiger partial charge is 0.493 e. The van der Waals surface area contributed by atoms with Crippen LogP contribution in [0, 0.1) is 21.7 Å². The van der Waals surface area contributed by atoms with Gasteiger partial charge in [-0.15, -0.1) is 0 Å². The molecule has 0 aliphatic heterocycles. The summed E-state index contributed by atoms with van der Waals surface area (Å²) >= 11 is 0. The van der Waals surface area contributed by atoms with Crippen molar-refractivity contribution in [3.8, 4) is 23.0 Å². The van der Waals surface area contributed by atoms with Gasteiger partial charge in [-0.25, -0.2) is 13.6 Å². The molecular weight excluding hydrogens is 468 g/mol. The summed E-state index contributed by atoms with van der Waals surface area (Å²) in [5.74, 6) is -2.63. The van der Waals surface area contributed by atoms with Gasteiger partial charge in [0.25, 0.3) is 5.69 Å². The van der Waals surface area contributed by atoms with Crippen LogP contribution in [0.15, 0.2) is 36.5 Å². The van der Waals surface area contributed by atoms with Gasteiger partial charge in [-0.05, 0) is 32.9 Å². The first-order chi connectivity index (χ1) is 16.5. The van der Waals surface area contributed by atoms with Crippen molar-refractivity contribution in [2.75, 3.05) is 20.3 Å².